The molecule has 1 heterocycles. The fourth-order valence-corrected chi connectivity index (χ4v) is 4.32. The zero-order valence-corrected chi connectivity index (χ0v) is 25.9. The van der Waals surface area contributed by atoms with Gasteiger partial charge in [-0.1, -0.05) is 79.8 Å². The Kier molecular flexibility index (Phi) is 15.5. The smallest absolute Gasteiger partial charge is 0.251 e. The first-order valence-electron chi connectivity index (χ1n) is 15.3. The van der Waals surface area contributed by atoms with Crippen LogP contribution < -0.4 is 19.5 Å². The van der Waals surface area contributed by atoms with Gasteiger partial charge in [0.15, 0.2) is 11.5 Å². The van der Waals surface area contributed by atoms with Gasteiger partial charge >= 0.3 is 0 Å². The van der Waals surface area contributed by atoms with Crippen LogP contribution in [0.1, 0.15) is 74.2 Å². The van der Waals surface area contributed by atoms with Gasteiger partial charge in [0, 0.05) is 12.1 Å². The minimum Gasteiger partial charge on any atom is -0.493 e. The topological polar surface area (TPSA) is 69.3 Å². The molecule has 3 rings (SSSR count). The summed E-state index contributed by atoms with van der Waals surface area (Å²) < 4.78 is 22.1. The summed E-state index contributed by atoms with van der Waals surface area (Å²) in [7, 11) is 3.11. The molecule has 1 N–H and O–H groups in total. The van der Waals surface area contributed by atoms with Crippen molar-refractivity contribution in [2.24, 2.45) is 0 Å². The van der Waals surface area contributed by atoms with E-state index in [9.17, 15) is 4.79 Å². The molecule has 6 nitrogen and oxygen atoms in total. The van der Waals surface area contributed by atoms with Gasteiger partial charge in [-0.05, 0) is 87.3 Å². The van der Waals surface area contributed by atoms with Crippen LogP contribution in [0.25, 0.3) is 0 Å². The average molecular weight is 586 g/mol. The molecule has 0 saturated carbocycles. The summed E-state index contributed by atoms with van der Waals surface area (Å²) in [6.07, 6.45) is 30.4. The highest BCUT2D eigenvalue weighted by molar-refractivity contribution is 5.94. The van der Waals surface area contributed by atoms with Gasteiger partial charge in [-0.3, -0.25) is 4.79 Å². The lowest BCUT2D eigenvalue weighted by molar-refractivity contribution is 0.0950. The quantitative estimate of drug-likeness (QED) is 0.0957. The van der Waals surface area contributed by atoms with Crippen molar-refractivity contribution in [2.45, 2.75) is 77.2 Å². The number of ether oxygens (including phenoxy) is 4. The van der Waals surface area contributed by atoms with Crippen LogP contribution >= 0.6 is 0 Å². The maximum absolute atomic E-state index is 12.5. The number of methoxy groups -OCH3 is 2. The molecule has 2 aromatic carbocycles. The minimum atomic E-state index is -0.180. The van der Waals surface area contributed by atoms with Crippen LogP contribution in [0.4, 0.5) is 0 Å². The second kappa shape index (κ2) is 20.0. The molecule has 230 valence electrons. The van der Waals surface area contributed by atoms with Gasteiger partial charge in [-0.2, -0.15) is 0 Å². The summed E-state index contributed by atoms with van der Waals surface area (Å²) in [5, 5.41) is 2.93. The number of amides is 1. The number of allylic oxidation sites excluding steroid dienone is 10. The summed E-state index contributed by atoms with van der Waals surface area (Å²) in [6.45, 7) is 2.56. The lowest BCUT2D eigenvalue weighted by Gasteiger charge is -2.10. The summed E-state index contributed by atoms with van der Waals surface area (Å²) in [5.74, 6) is 1.69. The highest BCUT2D eigenvalue weighted by Crippen LogP contribution is 2.30. The van der Waals surface area contributed by atoms with Gasteiger partial charge in [0.05, 0.1) is 14.2 Å². The molecular weight excluding hydrogens is 538 g/mol. The monoisotopic (exact) mass is 585 g/mol. The SMILES string of the molecule is CC/C=C\C/C=C\C/C=C\C/C=C\C/C=C\CCCC1OC1Oc1ccc(CNC(=O)c2ccc(OC)c(OC)c2)cc1. The second-order valence-electron chi connectivity index (χ2n) is 10.2. The van der Waals surface area contributed by atoms with E-state index in [1.54, 1.807) is 32.4 Å². The summed E-state index contributed by atoms with van der Waals surface area (Å²) in [6, 6.07) is 12.8. The number of benzene rings is 2. The highest BCUT2D eigenvalue weighted by Gasteiger charge is 2.40. The molecule has 2 unspecified atom stereocenters. The first kappa shape index (κ1) is 33.5. The third-order valence-electron chi connectivity index (χ3n) is 6.83. The molecule has 0 radical (unpaired) electrons. The molecular formula is C37H47NO5. The number of nitrogens with one attached hydrogen (secondary N) is 1. The van der Waals surface area contributed by atoms with Gasteiger partial charge in [0.2, 0.25) is 6.29 Å². The predicted octanol–water partition coefficient (Wildman–Crippen LogP) is 8.66. The van der Waals surface area contributed by atoms with E-state index >= 15 is 0 Å². The van der Waals surface area contributed by atoms with Crippen molar-refractivity contribution in [3.05, 3.63) is 114 Å². The van der Waals surface area contributed by atoms with Crippen molar-refractivity contribution >= 4 is 5.91 Å². The Morgan fingerprint density at radius 1 is 0.791 bits per heavy atom. The van der Waals surface area contributed by atoms with E-state index in [-0.39, 0.29) is 18.3 Å². The number of unbranched alkanes of at least 4 members (excludes halogenated alkanes) is 1. The van der Waals surface area contributed by atoms with Crippen molar-refractivity contribution in [2.75, 3.05) is 14.2 Å². The molecule has 6 heteroatoms. The van der Waals surface area contributed by atoms with E-state index in [1.165, 1.54) is 0 Å². The molecule has 0 aromatic heterocycles. The minimum absolute atomic E-state index is 0.156. The Bertz CT molecular complexity index is 1240. The van der Waals surface area contributed by atoms with Crippen molar-refractivity contribution in [3.8, 4) is 17.2 Å². The maximum atomic E-state index is 12.5. The lowest BCUT2D eigenvalue weighted by atomic mass is 10.1. The van der Waals surface area contributed by atoms with Gasteiger partial charge in [0.25, 0.3) is 5.91 Å². The molecule has 0 aliphatic carbocycles. The number of carbonyl (C=O) groups is 1. The molecule has 1 aliphatic heterocycles. The molecule has 2 atom stereocenters. The molecule has 1 saturated heterocycles. The summed E-state index contributed by atoms with van der Waals surface area (Å²) >= 11 is 0. The molecule has 1 amide bonds. The van der Waals surface area contributed by atoms with Gasteiger partial charge in [0.1, 0.15) is 11.9 Å². The number of rotatable bonds is 20. The number of carbonyl (C=O) groups excluding carboxylic acids is 1. The molecule has 0 bridgehead atoms. The van der Waals surface area contributed by atoms with E-state index in [4.69, 9.17) is 18.9 Å². The molecule has 1 aliphatic rings. The molecule has 2 aromatic rings. The van der Waals surface area contributed by atoms with Crippen LogP contribution in [0, 0.1) is 0 Å². The fraction of sp³-hybridized carbons (Fsp3) is 0.378. The predicted molar refractivity (Wildman–Crippen MR) is 175 cm³/mol. The Hall–Kier alpha value is -4.03. The average Bonchev–Trinajstić information content (AvgIpc) is 3.78. The van der Waals surface area contributed by atoms with E-state index in [2.05, 4.69) is 73.0 Å². The van der Waals surface area contributed by atoms with E-state index in [1.807, 2.05) is 24.3 Å². The van der Waals surface area contributed by atoms with Crippen LogP contribution in [-0.2, 0) is 11.3 Å². The zero-order valence-electron chi connectivity index (χ0n) is 25.9. The number of hydrogen-bond donors (Lipinski definition) is 1. The standard InChI is InChI=1S/C37H47NO5/c1-4-5-6-7-8-9-10-11-12-13-14-15-16-17-18-19-20-21-34-37(43-34)42-32-25-22-30(23-26-32)29-38-36(39)31-24-27-33(40-2)35(28-31)41-3/h5-6,8-9,11-12,14-15,17-18,22-28,34,37H,4,7,10,13,16,19-21,29H2,1-3H3,(H,38,39)/b6-5-,9-8-,12-11-,15-14-,18-17-. The normalized spacial score (nSPS) is 16.6. The fourth-order valence-electron chi connectivity index (χ4n) is 4.32. The van der Waals surface area contributed by atoms with Crippen LogP contribution in [0.15, 0.2) is 103 Å². The second-order valence-corrected chi connectivity index (χ2v) is 10.2. The first-order chi connectivity index (χ1) is 21.1. The Labute approximate surface area is 257 Å². The third-order valence-corrected chi connectivity index (χ3v) is 6.83. The molecule has 0 spiro atoms. The number of hydrogen-bond acceptors (Lipinski definition) is 5. The van der Waals surface area contributed by atoms with Crippen LogP contribution in [0.5, 0.6) is 17.2 Å². The van der Waals surface area contributed by atoms with Crippen LogP contribution in [-0.4, -0.2) is 32.5 Å². The van der Waals surface area contributed by atoms with Crippen molar-refractivity contribution in [3.63, 3.8) is 0 Å². The lowest BCUT2D eigenvalue weighted by Crippen LogP contribution is -2.22. The van der Waals surface area contributed by atoms with E-state index in [0.29, 0.717) is 23.6 Å². The van der Waals surface area contributed by atoms with E-state index < -0.39 is 0 Å². The highest BCUT2D eigenvalue weighted by atomic mass is 16.8. The maximum Gasteiger partial charge on any atom is 0.251 e. The molecule has 43 heavy (non-hydrogen) atoms. The van der Waals surface area contributed by atoms with Crippen molar-refractivity contribution in [1.82, 2.24) is 5.32 Å². The van der Waals surface area contributed by atoms with Crippen molar-refractivity contribution in [1.29, 1.82) is 0 Å². The summed E-state index contributed by atoms with van der Waals surface area (Å²) in [4.78, 5) is 12.5. The Morgan fingerprint density at radius 2 is 1.40 bits per heavy atom. The van der Waals surface area contributed by atoms with Gasteiger partial charge in [-0.15, -0.1) is 0 Å². The third kappa shape index (κ3) is 13.2. The Balaban J connectivity index is 1.22. The first-order valence-corrected chi connectivity index (χ1v) is 15.3. The van der Waals surface area contributed by atoms with E-state index in [0.717, 1.165) is 62.7 Å². The largest absolute Gasteiger partial charge is 0.493 e. The van der Waals surface area contributed by atoms with Gasteiger partial charge < -0.3 is 24.3 Å². The zero-order chi connectivity index (χ0) is 30.5. The Morgan fingerprint density at radius 3 is 2.00 bits per heavy atom. The van der Waals surface area contributed by atoms with Crippen molar-refractivity contribution < 1.29 is 23.7 Å². The number of epoxide rings is 1. The summed E-state index contributed by atoms with van der Waals surface area (Å²) in [5.41, 5.74) is 1.49. The molecule has 1 fully saturated rings. The van der Waals surface area contributed by atoms with Crippen LogP contribution in [0.2, 0.25) is 0 Å². The van der Waals surface area contributed by atoms with Gasteiger partial charge in [-0.25, -0.2) is 0 Å². The van der Waals surface area contributed by atoms with Crippen LogP contribution in [0.3, 0.4) is 0 Å².